The number of para-hydroxylation sites is 1. The molecule has 0 bridgehead atoms. The Morgan fingerprint density at radius 2 is 1.84 bits per heavy atom. The molecule has 4 rings (SSSR count). The molecule has 1 atom stereocenters. The van der Waals surface area contributed by atoms with E-state index in [9.17, 15) is 9.59 Å². The summed E-state index contributed by atoms with van der Waals surface area (Å²) in [5.74, 6) is -0.110. The predicted molar refractivity (Wildman–Crippen MR) is 124 cm³/mol. The number of ether oxygens (including phenoxy) is 1. The van der Waals surface area contributed by atoms with Crippen LogP contribution in [0.3, 0.4) is 0 Å². The average molecular weight is 451 g/mol. The molecule has 7 nitrogen and oxygen atoms in total. The second-order valence-corrected chi connectivity index (χ2v) is 8.03. The maximum Gasteiger partial charge on any atom is 0.339 e. The number of hydrogen-bond acceptors (Lipinski definition) is 6. The minimum absolute atomic E-state index is 0.128. The van der Waals surface area contributed by atoms with Gasteiger partial charge in [-0.3, -0.25) is 4.79 Å². The van der Waals surface area contributed by atoms with Crippen molar-refractivity contribution in [2.24, 2.45) is 5.92 Å². The molecule has 3 aromatic rings. The summed E-state index contributed by atoms with van der Waals surface area (Å²) >= 11 is 5.95. The van der Waals surface area contributed by atoms with Crippen LogP contribution in [-0.2, 0) is 9.53 Å². The van der Waals surface area contributed by atoms with E-state index in [1.165, 1.54) is 7.11 Å². The van der Waals surface area contributed by atoms with Crippen LogP contribution >= 0.6 is 11.6 Å². The van der Waals surface area contributed by atoms with E-state index >= 15 is 0 Å². The molecule has 1 unspecified atom stereocenters. The summed E-state index contributed by atoms with van der Waals surface area (Å²) in [6.07, 6.45) is 1.62. The monoisotopic (exact) mass is 450 g/mol. The quantitative estimate of drug-likeness (QED) is 0.578. The molecule has 2 heterocycles. The topological polar surface area (TPSA) is 84.4 Å². The summed E-state index contributed by atoms with van der Waals surface area (Å²) in [6.45, 7) is 1.33. The zero-order chi connectivity index (χ0) is 22.5. The van der Waals surface area contributed by atoms with Gasteiger partial charge in [0.2, 0.25) is 5.91 Å². The molecular formula is C24H23ClN4O3. The molecule has 1 aliphatic rings. The van der Waals surface area contributed by atoms with Crippen LogP contribution in [0.15, 0.2) is 60.7 Å². The zero-order valence-electron chi connectivity index (χ0n) is 17.6. The number of benzene rings is 2. The van der Waals surface area contributed by atoms with Gasteiger partial charge in [-0.05, 0) is 49.2 Å². The standard InChI is InChI=1S/C24H23ClN4O3/c1-32-24(31)19-6-2-3-7-21(19)26-23(30)17-5-4-14-29(15-17)22-13-12-20(27-28-22)16-8-10-18(25)11-9-16/h2-3,6-13,17H,4-5,14-15H2,1H3,(H,26,30). The highest BCUT2D eigenvalue weighted by Gasteiger charge is 2.27. The Bertz CT molecular complexity index is 1100. The normalized spacial score (nSPS) is 15.8. The Morgan fingerprint density at radius 3 is 2.56 bits per heavy atom. The largest absolute Gasteiger partial charge is 0.465 e. The van der Waals surface area contributed by atoms with Gasteiger partial charge < -0.3 is 15.0 Å². The molecule has 0 aliphatic carbocycles. The number of rotatable bonds is 5. The SMILES string of the molecule is COC(=O)c1ccccc1NC(=O)C1CCCN(c2ccc(-c3ccc(Cl)cc3)nn2)C1. The number of nitrogens with one attached hydrogen (secondary N) is 1. The smallest absolute Gasteiger partial charge is 0.339 e. The van der Waals surface area contributed by atoms with Gasteiger partial charge in [0.1, 0.15) is 0 Å². The van der Waals surface area contributed by atoms with Crippen molar-refractivity contribution in [2.45, 2.75) is 12.8 Å². The molecule has 1 N–H and O–H groups in total. The average Bonchev–Trinajstić information content (AvgIpc) is 2.84. The lowest BCUT2D eigenvalue weighted by molar-refractivity contribution is -0.120. The van der Waals surface area contributed by atoms with Crippen LogP contribution in [0.4, 0.5) is 11.5 Å². The number of anilines is 2. The van der Waals surface area contributed by atoms with Crippen molar-refractivity contribution in [1.82, 2.24) is 10.2 Å². The van der Waals surface area contributed by atoms with Crippen LogP contribution in [0.1, 0.15) is 23.2 Å². The Kier molecular flexibility index (Phi) is 6.66. The van der Waals surface area contributed by atoms with Gasteiger partial charge >= 0.3 is 5.97 Å². The first-order chi connectivity index (χ1) is 15.5. The number of nitrogens with zero attached hydrogens (tertiary/aromatic N) is 3. The number of hydrogen-bond donors (Lipinski definition) is 1. The Balaban J connectivity index is 1.44. The molecule has 1 aliphatic heterocycles. The molecule has 1 saturated heterocycles. The highest BCUT2D eigenvalue weighted by molar-refractivity contribution is 6.30. The van der Waals surface area contributed by atoms with Crippen LogP contribution in [-0.4, -0.2) is 42.3 Å². The van der Waals surface area contributed by atoms with Crippen LogP contribution in [0, 0.1) is 5.92 Å². The fraction of sp³-hybridized carbons (Fsp3) is 0.250. The van der Waals surface area contributed by atoms with E-state index in [1.54, 1.807) is 24.3 Å². The molecule has 1 amide bonds. The van der Waals surface area contributed by atoms with E-state index in [4.69, 9.17) is 16.3 Å². The number of esters is 1. The molecule has 1 aromatic heterocycles. The van der Waals surface area contributed by atoms with Crippen LogP contribution in [0.5, 0.6) is 0 Å². The second-order valence-electron chi connectivity index (χ2n) is 7.60. The molecule has 1 fully saturated rings. The summed E-state index contributed by atoms with van der Waals surface area (Å²) in [7, 11) is 1.32. The van der Waals surface area contributed by atoms with Gasteiger partial charge in [-0.15, -0.1) is 10.2 Å². The summed E-state index contributed by atoms with van der Waals surface area (Å²) < 4.78 is 4.81. The van der Waals surface area contributed by atoms with E-state index in [0.717, 1.165) is 36.5 Å². The summed E-state index contributed by atoms with van der Waals surface area (Å²) in [6, 6.07) is 18.1. The predicted octanol–water partition coefficient (Wildman–Crippen LogP) is 4.44. The number of amides is 1. The van der Waals surface area contributed by atoms with Crippen molar-refractivity contribution in [2.75, 3.05) is 30.4 Å². The van der Waals surface area contributed by atoms with Crippen molar-refractivity contribution in [3.63, 3.8) is 0 Å². The maximum atomic E-state index is 12.9. The number of methoxy groups -OCH3 is 1. The molecular weight excluding hydrogens is 428 g/mol. The van der Waals surface area contributed by atoms with Gasteiger partial charge in [-0.25, -0.2) is 4.79 Å². The first kappa shape index (κ1) is 21.8. The van der Waals surface area contributed by atoms with E-state index in [0.29, 0.717) is 22.8 Å². The first-order valence-corrected chi connectivity index (χ1v) is 10.8. The minimum atomic E-state index is -0.484. The third-order valence-corrected chi connectivity index (χ3v) is 5.75. The summed E-state index contributed by atoms with van der Waals surface area (Å²) in [5.41, 5.74) is 2.48. The van der Waals surface area contributed by atoms with Crippen molar-refractivity contribution >= 4 is 35.0 Å². The van der Waals surface area contributed by atoms with E-state index in [2.05, 4.69) is 20.4 Å². The third-order valence-electron chi connectivity index (χ3n) is 5.50. The van der Waals surface area contributed by atoms with Gasteiger partial charge in [0.05, 0.1) is 30.0 Å². The van der Waals surface area contributed by atoms with Gasteiger partial charge in [0.25, 0.3) is 0 Å². The van der Waals surface area contributed by atoms with Crippen molar-refractivity contribution in [3.8, 4) is 11.3 Å². The number of carbonyl (C=O) groups excluding carboxylic acids is 2. The highest BCUT2D eigenvalue weighted by atomic mass is 35.5. The van der Waals surface area contributed by atoms with Crippen LogP contribution < -0.4 is 10.2 Å². The Hall–Kier alpha value is -3.45. The fourth-order valence-corrected chi connectivity index (χ4v) is 3.91. The van der Waals surface area contributed by atoms with Crippen LogP contribution in [0.25, 0.3) is 11.3 Å². The van der Waals surface area contributed by atoms with Crippen LogP contribution in [0.2, 0.25) is 5.02 Å². The summed E-state index contributed by atoms with van der Waals surface area (Å²) in [5, 5.41) is 12.3. The van der Waals surface area contributed by atoms with E-state index in [-0.39, 0.29) is 11.8 Å². The molecule has 8 heteroatoms. The molecule has 164 valence electrons. The molecule has 32 heavy (non-hydrogen) atoms. The number of carbonyl (C=O) groups is 2. The van der Waals surface area contributed by atoms with Gasteiger partial charge in [-0.1, -0.05) is 35.9 Å². The Labute approximate surface area is 191 Å². The van der Waals surface area contributed by atoms with Gasteiger partial charge in [0.15, 0.2) is 5.82 Å². The lowest BCUT2D eigenvalue weighted by atomic mass is 9.96. The van der Waals surface area contributed by atoms with Crippen molar-refractivity contribution in [3.05, 3.63) is 71.2 Å². The number of aromatic nitrogens is 2. The highest BCUT2D eigenvalue weighted by Crippen LogP contribution is 2.25. The number of piperidine rings is 1. The molecule has 0 spiro atoms. The minimum Gasteiger partial charge on any atom is -0.465 e. The summed E-state index contributed by atoms with van der Waals surface area (Å²) in [4.78, 5) is 27.0. The first-order valence-electron chi connectivity index (χ1n) is 10.4. The Morgan fingerprint density at radius 1 is 1.06 bits per heavy atom. The lowest BCUT2D eigenvalue weighted by Gasteiger charge is -2.32. The molecule has 0 radical (unpaired) electrons. The lowest BCUT2D eigenvalue weighted by Crippen LogP contribution is -2.41. The van der Waals surface area contributed by atoms with E-state index in [1.807, 2.05) is 36.4 Å². The second kappa shape index (κ2) is 9.78. The van der Waals surface area contributed by atoms with Crippen molar-refractivity contribution in [1.29, 1.82) is 0 Å². The molecule has 2 aromatic carbocycles. The van der Waals surface area contributed by atoms with Crippen molar-refractivity contribution < 1.29 is 14.3 Å². The third kappa shape index (κ3) is 4.89. The molecule has 0 saturated carbocycles. The van der Waals surface area contributed by atoms with Gasteiger partial charge in [-0.2, -0.15) is 0 Å². The van der Waals surface area contributed by atoms with Gasteiger partial charge in [0, 0.05) is 23.7 Å². The number of halogens is 1. The van der Waals surface area contributed by atoms with E-state index < -0.39 is 5.97 Å². The maximum absolute atomic E-state index is 12.9. The zero-order valence-corrected chi connectivity index (χ0v) is 18.4. The fourth-order valence-electron chi connectivity index (χ4n) is 3.78.